The maximum atomic E-state index is 11.5. The molecule has 1 aromatic heterocycles. The minimum Gasteiger partial charge on any atom is -0.380 e. The molecule has 0 spiro atoms. The van der Waals surface area contributed by atoms with Crippen LogP contribution in [0.4, 0.5) is 11.5 Å². The van der Waals surface area contributed by atoms with E-state index in [0.29, 0.717) is 39.0 Å². The van der Waals surface area contributed by atoms with Crippen LogP contribution in [0.2, 0.25) is 0 Å². The number of hydrogen-bond acceptors (Lipinski definition) is 5. The molecular weight excluding hydrogens is 332 g/mol. The number of nitrogens with zero attached hydrogens (tertiary/aromatic N) is 1. The summed E-state index contributed by atoms with van der Waals surface area (Å²) in [5.41, 5.74) is 8.95. The standard InChI is InChI=1S/C19H22N4O3/c20-17(24)4-2-9-26-10-8-22-19-15(3-1-7-21-19)13-5-6-16-14(11-13)12-18(25)23-16/h1,3,5-7,11H,2,4,8-10,12H2,(H2,20,24)(H,21,22)(H,23,25). The number of carbonyl (C=O) groups excluding carboxylic acids is 2. The van der Waals surface area contributed by atoms with Gasteiger partial charge in [0.15, 0.2) is 0 Å². The first-order valence-corrected chi connectivity index (χ1v) is 8.61. The van der Waals surface area contributed by atoms with E-state index in [2.05, 4.69) is 15.6 Å². The van der Waals surface area contributed by atoms with Crippen molar-refractivity contribution >= 4 is 23.3 Å². The number of nitrogens with one attached hydrogen (secondary N) is 2. The summed E-state index contributed by atoms with van der Waals surface area (Å²) in [5.74, 6) is 0.483. The van der Waals surface area contributed by atoms with Gasteiger partial charge in [0.05, 0.1) is 13.0 Å². The first-order chi connectivity index (χ1) is 12.6. The highest BCUT2D eigenvalue weighted by Gasteiger charge is 2.18. The third-order valence-corrected chi connectivity index (χ3v) is 4.10. The lowest BCUT2D eigenvalue weighted by atomic mass is 10.0. The number of benzene rings is 1. The fourth-order valence-corrected chi connectivity index (χ4v) is 2.87. The summed E-state index contributed by atoms with van der Waals surface area (Å²) < 4.78 is 5.48. The maximum Gasteiger partial charge on any atom is 0.228 e. The lowest BCUT2D eigenvalue weighted by Crippen LogP contribution is -2.14. The number of pyridine rings is 1. The Labute approximate surface area is 151 Å². The van der Waals surface area contributed by atoms with Gasteiger partial charge in [-0.2, -0.15) is 0 Å². The molecule has 0 atom stereocenters. The van der Waals surface area contributed by atoms with Crippen LogP contribution in [0.15, 0.2) is 36.5 Å². The van der Waals surface area contributed by atoms with E-state index >= 15 is 0 Å². The summed E-state index contributed by atoms with van der Waals surface area (Å²) in [5, 5.41) is 6.12. The van der Waals surface area contributed by atoms with Crippen molar-refractivity contribution in [2.24, 2.45) is 5.73 Å². The zero-order valence-corrected chi connectivity index (χ0v) is 14.5. The molecule has 0 radical (unpaired) electrons. The Morgan fingerprint density at radius 2 is 2.19 bits per heavy atom. The Morgan fingerprint density at radius 1 is 1.31 bits per heavy atom. The number of rotatable bonds is 9. The van der Waals surface area contributed by atoms with Crippen LogP contribution in [0.25, 0.3) is 11.1 Å². The van der Waals surface area contributed by atoms with Gasteiger partial charge in [0.25, 0.3) is 0 Å². The molecule has 0 saturated heterocycles. The van der Waals surface area contributed by atoms with E-state index in [1.807, 2.05) is 30.3 Å². The summed E-state index contributed by atoms with van der Waals surface area (Å²) in [4.78, 5) is 26.6. The zero-order valence-electron chi connectivity index (χ0n) is 14.5. The first-order valence-electron chi connectivity index (χ1n) is 8.61. The van der Waals surface area contributed by atoms with Crippen LogP contribution in [0.3, 0.4) is 0 Å². The van der Waals surface area contributed by atoms with Crippen LogP contribution < -0.4 is 16.4 Å². The number of amides is 2. The van der Waals surface area contributed by atoms with E-state index in [9.17, 15) is 9.59 Å². The Balaban J connectivity index is 1.58. The van der Waals surface area contributed by atoms with Gasteiger partial charge in [-0.1, -0.05) is 6.07 Å². The molecule has 26 heavy (non-hydrogen) atoms. The van der Waals surface area contributed by atoms with Crippen molar-refractivity contribution in [3.05, 3.63) is 42.1 Å². The second-order valence-corrected chi connectivity index (χ2v) is 6.11. The van der Waals surface area contributed by atoms with Crippen molar-refractivity contribution < 1.29 is 14.3 Å². The predicted octanol–water partition coefficient (Wildman–Crippen LogP) is 1.94. The number of primary amides is 1. The smallest absolute Gasteiger partial charge is 0.228 e. The van der Waals surface area contributed by atoms with Crippen molar-refractivity contribution in [1.82, 2.24) is 4.98 Å². The second-order valence-electron chi connectivity index (χ2n) is 6.11. The average molecular weight is 354 g/mol. The highest BCUT2D eigenvalue weighted by atomic mass is 16.5. The third-order valence-electron chi connectivity index (χ3n) is 4.10. The molecular formula is C19H22N4O3. The fourth-order valence-electron chi connectivity index (χ4n) is 2.87. The van der Waals surface area contributed by atoms with Gasteiger partial charge in [0, 0.05) is 37.0 Å². The largest absolute Gasteiger partial charge is 0.380 e. The van der Waals surface area contributed by atoms with Gasteiger partial charge >= 0.3 is 0 Å². The molecule has 0 saturated carbocycles. The number of nitrogens with two attached hydrogens (primary N) is 1. The van der Waals surface area contributed by atoms with Gasteiger partial charge in [-0.25, -0.2) is 4.98 Å². The molecule has 1 aromatic carbocycles. The number of anilines is 2. The molecule has 3 rings (SSSR count). The van der Waals surface area contributed by atoms with E-state index in [1.54, 1.807) is 6.20 Å². The van der Waals surface area contributed by atoms with Gasteiger partial charge in [-0.05, 0) is 41.8 Å². The quantitative estimate of drug-likeness (QED) is 0.597. The topological polar surface area (TPSA) is 106 Å². The van der Waals surface area contributed by atoms with Gasteiger partial charge in [-0.15, -0.1) is 0 Å². The molecule has 1 aliphatic rings. The number of ether oxygens (including phenoxy) is 1. The van der Waals surface area contributed by atoms with Gasteiger partial charge in [0.2, 0.25) is 11.8 Å². The normalized spacial score (nSPS) is 12.5. The van der Waals surface area contributed by atoms with Crippen molar-refractivity contribution in [2.45, 2.75) is 19.3 Å². The molecule has 7 heteroatoms. The summed E-state index contributed by atoms with van der Waals surface area (Å²) in [6.45, 7) is 1.62. The number of fused-ring (bicyclic) bond motifs is 1. The minimum atomic E-state index is -0.309. The molecule has 2 aromatic rings. The fraction of sp³-hybridized carbons (Fsp3) is 0.316. The van der Waals surface area contributed by atoms with Crippen molar-refractivity contribution in [3.8, 4) is 11.1 Å². The molecule has 0 fully saturated rings. The molecule has 0 unspecified atom stereocenters. The van der Waals surface area contributed by atoms with Crippen LogP contribution in [0.5, 0.6) is 0 Å². The lowest BCUT2D eigenvalue weighted by molar-refractivity contribution is -0.118. The lowest BCUT2D eigenvalue weighted by Gasteiger charge is -2.12. The molecule has 0 aliphatic carbocycles. The summed E-state index contributed by atoms with van der Waals surface area (Å²) in [7, 11) is 0. The highest BCUT2D eigenvalue weighted by molar-refractivity contribution is 5.99. The summed E-state index contributed by atoms with van der Waals surface area (Å²) in [6, 6.07) is 9.81. The van der Waals surface area contributed by atoms with E-state index in [0.717, 1.165) is 28.2 Å². The Hall–Kier alpha value is -2.93. The maximum absolute atomic E-state index is 11.5. The SMILES string of the molecule is NC(=O)CCCOCCNc1ncccc1-c1ccc2c(c1)CC(=O)N2. The van der Waals surface area contributed by atoms with Gasteiger partial charge < -0.3 is 21.1 Å². The third kappa shape index (κ3) is 4.58. The number of aromatic nitrogens is 1. The molecule has 0 bridgehead atoms. The van der Waals surface area contributed by atoms with E-state index < -0.39 is 0 Å². The Morgan fingerprint density at radius 3 is 3.04 bits per heavy atom. The number of carbonyl (C=O) groups is 2. The summed E-state index contributed by atoms with van der Waals surface area (Å²) >= 11 is 0. The highest BCUT2D eigenvalue weighted by Crippen LogP contribution is 2.31. The van der Waals surface area contributed by atoms with Crippen molar-refractivity contribution in [1.29, 1.82) is 0 Å². The molecule has 2 amide bonds. The summed E-state index contributed by atoms with van der Waals surface area (Å²) in [6.07, 6.45) is 3.11. The molecule has 1 aliphatic heterocycles. The van der Waals surface area contributed by atoms with E-state index in [4.69, 9.17) is 10.5 Å². The number of hydrogen-bond donors (Lipinski definition) is 3. The van der Waals surface area contributed by atoms with Crippen LogP contribution in [0.1, 0.15) is 18.4 Å². The first kappa shape index (κ1) is 17.9. The van der Waals surface area contributed by atoms with Gasteiger partial charge in [-0.3, -0.25) is 9.59 Å². The molecule has 7 nitrogen and oxygen atoms in total. The zero-order chi connectivity index (χ0) is 18.4. The Kier molecular flexibility index (Phi) is 5.80. The van der Waals surface area contributed by atoms with E-state index in [-0.39, 0.29) is 11.8 Å². The molecule has 4 N–H and O–H groups in total. The van der Waals surface area contributed by atoms with Crippen LogP contribution in [-0.4, -0.2) is 36.6 Å². The second kappa shape index (κ2) is 8.44. The van der Waals surface area contributed by atoms with E-state index in [1.165, 1.54) is 0 Å². The molecule has 136 valence electrons. The van der Waals surface area contributed by atoms with Gasteiger partial charge in [0.1, 0.15) is 5.82 Å². The Bertz CT molecular complexity index is 807. The van der Waals surface area contributed by atoms with Crippen LogP contribution in [0, 0.1) is 0 Å². The van der Waals surface area contributed by atoms with Crippen LogP contribution in [-0.2, 0) is 20.7 Å². The van der Waals surface area contributed by atoms with Crippen molar-refractivity contribution in [3.63, 3.8) is 0 Å². The van der Waals surface area contributed by atoms with Crippen molar-refractivity contribution in [2.75, 3.05) is 30.4 Å². The average Bonchev–Trinajstić information content (AvgIpc) is 3.00. The predicted molar refractivity (Wildman–Crippen MR) is 99.7 cm³/mol. The monoisotopic (exact) mass is 354 g/mol. The minimum absolute atomic E-state index is 0.0233. The van der Waals surface area contributed by atoms with Crippen LogP contribution >= 0.6 is 0 Å². The molecule has 2 heterocycles.